The van der Waals surface area contributed by atoms with E-state index < -0.39 is 5.82 Å². The minimum Gasteiger partial charge on any atom is -0.380 e. The molecule has 2 heterocycles. The SMILES string of the molecule is [C-]#[N+]c1ccc2nc3c(c(NCc4ccc(F)c(Cl)c4)c2c1)CN(C(C)=O)CC3. The summed E-state index contributed by atoms with van der Waals surface area (Å²) in [5, 5.41) is 4.33. The zero-order valence-corrected chi connectivity index (χ0v) is 16.6. The largest absolute Gasteiger partial charge is 0.380 e. The predicted molar refractivity (Wildman–Crippen MR) is 112 cm³/mol. The average Bonchev–Trinajstić information content (AvgIpc) is 2.72. The van der Waals surface area contributed by atoms with E-state index in [0.29, 0.717) is 31.7 Å². The lowest BCUT2D eigenvalue weighted by Crippen LogP contribution is -2.35. The van der Waals surface area contributed by atoms with E-state index in [2.05, 4.69) is 10.2 Å². The molecule has 3 aromatic rings. The Hall–Kier alpha value is -3.17. The van der Waals surface area contributed by atoms with Crippen molar-refractivity contribution in [3.8, 4) is 0 Å². The van der Waals surface area contributed by atoms with Crippen LogP contribution < -0.4 is 5.32 Å². The van der Waals surface area contributed by atoms with E-state index in [-0.39, 0.29) is 10.9 Å². The van der Waals surface area contributed by atoms with E-state index in [9.17, 15) is 9.18 Å². The molecule has 0 atom stereocenters. The summed E-state index contributed by atoms with van der Waals surface area (Å²) in [5.41, 5.74) is 4.90. The first-order valence-corrected chi connectivity index (χ1v) is 9.60. The second-order valence-corrected chi connectivity index (χ2v) is 7.43. The first-order chi connectivity index (χ1) is 14.0. The predicted octanol–water partition coefficient (Wildman–Crippen LogP) is 5.09. The summed E-state index contributed by atoms with van der Waals surface area (Å²) in [5.74, 6) is -0.442. The van der Waals surface area contributed by atoms with Gasteiger partial charge in [-0.05, 0) is 29.8 Å². The molecule has 2 aromatic carbocycles. The summed E-state index contributed by atoms with van der Waals surface area (Å²) in [6.45, 7) is 10.4. The number of fused-ring (bicyclic) bond motifs is 2. The van der Waals surface area contributed by atoms with E-state index in [1.54, 1.807) is 30.0 Å². The van der Waals surface area contributed by atoms with Crippen LogP contribution in [-0.2, 0) is 24.3 Å². The van der Waals surface area contributed by atoms with Gasteiger partial charge in [0.1, 0.15) is 5.82 Å². The van der Waals surface area contributed by atoms with Gasteiger partial charge in [-0.15, -0.1) is 0 Å². The number of carbonyl (C=O) groups excluding carboxylic acids is 1. The van der Waals surface area contributed by atoms with Crippen molar-refractivity contribution >= 4 is 39.8 Å². The second-order valence-electron chi connectivity index (χ2n) is 7.02. The lowest BCUT2D eigenvalue weighted by molar-refractivity contribution is -0.129. The van der Waals surface area contributed by atoms with Crippen LogP contribution in [0.15, 0.2) is 36.4 Å². The third-order valence-corrected chi connectivity index (χ3v) is 5.44. The molecule has 1 aromatic heterocycles. The standard InChI is InChI=1S/C22H18ClFN4O/c1-13(29)28-8-7-21-17(12-28)22(16-10-15(25-2)4-6-20(16)27-21)26-11-14-3-5-19(24)18(23)9-14/h3-6,9-10H,7-8,11-12H2,1H3,(H,26,27). The van der Waals surface area contributed by atoms with Crippen LogP contribution in [0.5, 0.6) is 0 Å². The number of pyridine rings is 1. The van der Waals surface area contributed by atoms with E-state index in [4.69, 9.17) is 23.2 Å². The molecule has 0 saturated carbocycles. The molecule has 0 fully saturated rings. The van der Waals surface area contributed by atoms with Crippen LogP contribution in [0.4, 0.5) is 15.8 Å². The van der Waals surface area contributed by atoms with Crippen molar-refractivity contribution in [2.75, 3.05) is 11.9 Å². The summed E-state index contributed by atoms with van der Waals surface area (Å²) < 4.78 is 13.5. The zero-order valence-electron chi connectivity index (χ0n) is 15.8. The number of anilines is 1. The smallest absolute Gasteiger partial charge is 0.219 e. The normalized spacial score (nSPS) is 13.1. The quantitative estimate of drug-likeness (QED) is 0.614. The van der Waals surface area contributed by atoms with Gasteiger partial charge in [0.25, 0.3) is 0 Å². The highest BCUT2D eigenvalue weighted by Gasteiger charge is 2.24. The lowest BCUT2D eigenvalue weighted by atomic mass is 9.99. The molecule has 0 aliphatic carbocycles. The van der Waals surface area contributed by atoms with Crippen LogP contribution in [-0.4, -0.2) is 22.3 Å². The first-order valence-electron chi connectivity index (χ1n) is 9.22. The van der Waals surface area contributed by atoms with Gasteiger partial charge in [0.15, 0.2) is 5.69 Å². The number of amides is 1. The molecule has 1 aliphatic heterocycles. The molecule has 5 nitrogen and oxygen atoms in total. The van der Waals surface area contributed by atoms with Crippen LogP contribution in [0, 0.1) is 12.4 Å². The number of halogens is 2. The fourth-order valence-electron chi connectivity index (χ4n) is 3.61. The molecule has 7 heteroatoms. The molecule has 0 saturated heterocycles. The van der Waals surface area contributed by atoms with Gasteiger partial charge in [0, 0.05) is 55.3 Å². The van der Waals surface area contributed by atoms with E-state index in [1.165, 1.54) is 6.07 Å². The second kappa shape index (κ2) is 7.69. The zero-order chi connectivity index (χ0) is 20.5. The molecule has 146 valence electrons. The van der Waals surface area contributed by atoms with Crippen LogP contribution in [0.1, 0.15) is 23.7 Å². The number of nitrogens with one attached hydrogen (secondary N) is 1. The van der Waals surface area contributed by atoms with Gasteiger partial charge in [0.05, 0.1) is 17.1 Å². The molecule has 0 unspecified atom stereocenters. The third-order valence-electron chi connectivity index (χ3n) is 5.15. The number of carbonyl (C=O) groups is 1. The number of rotatable bonds is 3. The minimum atomic E-state index is -0.457. The van der Waals surface area contributed by atoms with Gasteiger partial charge in [-0.2, -0.15) is 0 Å². The number of benzene rings is 2. The molecular formula is C22H18ClFN4O. The summed E-state index contributed by atoms with van der Waals surface area (Å²) in [4.78, 5) is 22.0. The molecule has 29 heavy (non-hydrogen) atoms. The van der Waals surface area contributed by atoms with Crippen molar-refractivity contribution in [2.24, 2.45) is 0 Å². The molecule has 4 rings (SSSR count). The number of hydrogen-bond acceptors (Lipinski definition) is 3. The fourth-order valence-corrected chi connectivity index (χ4v) is 3.81. The maximum atomic E-state index is 13.5. The summed E-state index contributed by atoms with van der Waals surface area (Å²) in [6.07, 6.45) is 0.673. The highest BCUT2D eigenvalue weighted by Crippen LogP contribution is 2.35. The van der Waals surface area contributed by atoms with Crippen molar-refractivity contribution in [3.05, 3.63) is 75.5 Å². The number of hydrogen-bond donors (Lipinski definition) is 1. The third kappa shape index (κ3) is 3.74. The van der Waals surface area contributed by atoms with Gasteiger partial charge in [0.2, 0.25) is 5.91 Å². The molecule has 1 aliphatic rings. The topological polar surface area (TPSA) is 49.6 Å². The highest BCUT2D eigenvalue weighted by atomic mass is 35.5. The Kier molecular flexibility index (Phi) is 5.08. The van der Waals surface area contributed by atoms with Crippen LogP contribution in [0.3, 0.4) is 0 Å². The van der Waals surface area contributed by atoms with Gasteiger partial charge in [-0.3, -0.25) is 9.78 Å². The van der Waals surface area contributed by atoms with E-state index >= 15 is 0 Å². The lowest BCUT2D eigenvalue weighted by Gasteiger charge is -2.30. The maximum Gasteiger partial charge on any atom is 0.219 e. The van der Waals surface area contributed by atoms with Crippen molar-refractivity contribution in [1.82, 2.24) is 9.88 Å². The van der Waals surface area contributed by atoms with Crippen molar-refractivity contribution < 1.29 is 9.18 Å². The Morgan fingerprint density at radius 3 is 2.90 bits per heavy atom. The van der Waals surface area contributed by atoms with Gasteiger partial charge >= 0.3 is 0 Å². The monoisotopic (exact) mass is 408 g/mol. The van der Waals surface area contributed by atoms with Crippen LogP contribution in [0.2, 0.25) is 5.02 Å². The summed E-state index contributed by atoms with van der Waals surface area (Å²) >= 11 is 5.91. The van der Waals surface area contributed by atoms with Gasteiger partial charge in [-0.25, -0.2) is 9.24 Å². The van der Waals surface area contributed by atoms with Crippen LogP contribution >= 0.6 is 11.6 Å². The Morgan fingerprint density at radius 2 is 2.17 bits per heavy atom. The van der Waals surface area contributed by atoms with Crippen LogP contribution in [0.25, 0.3) is 15.7 Å². The number of nitrogens with zero attached hydrogens (tertiary/aromatic N) is 3. The van der Waals surface area contributed by atoms with E-state index in [0.717, 1.165) is 33.4 Å². The van der Waals surface area contributed by atoms with Crippen molar-refractivity contribution in [2.45, 2.75) is 26.4 Å². The molecule has 0 bridgehead atoms. The van der Waals surface area contributed by atoms with Gasteiger partial charge in [-0.1, -0.05) is 23.7 Å². The molecule has 1 N–H and O–H groups in total. The molecule has 0 radical (unpaired) electrons. The maximum absolute atomic E-state index is 13.5. The Bertz CT molecular complexity index is 1170. The summed E-state index contributed by atoms with van der Waals surface area (Å²) in [7, 11) is 0. The Morgan fingerprint density at radius 1 is 1.34 bits per heavy atom. The number of aromatic nitrogens is 1. The van der Waals surface area contributed by atoms with Crippen molar-refractivity contribution in [3.63, 3.8) is 0 Å². The molecular weight excluding hydrogens is 391 g/mol. The Balaban J connectivity index is 1.80. The first kappa shape index (κ1) is 19.2. The summed E-state index contributed by atoms with van der Waals surface area (Å²) in [6, 6.07) is 10.0. The highest BCUT2D eigenvalue weighted by molar-refractivity contribution is 6.30. The fraction of sp³-hybridized carbons (Fsp3) is 0.227. The minimum absolute atomic E-state index is 0.0157. The van der Waals surface area contributed by atoms with E-state index in [1.807, 2.05) is 12.1 Å². The molecule has 1 amide bonds. The van der Waals surface area contributed by atoms with Gasteiger partial charge < -0.3 is 10.2 Å². The molecule has 0 spiro atoms. The Labute approximate surface area is 172 Å². The average molecular weight is 409 g/mol. The van der Waals surface area contributed by atoms with Crippen molar-refractivity contribution in [1.29, 1.82) is 0 Å².